The highest BCUT2D eigenvalue weighted by atomic mass is 15.2. The van der Waals surface area contributed by atoms with Crippen LogP contribution in [0.4, 0.5) is 0 Å². The van der Waals surface area contributed by atoms with Crippen molar-refractivity contribution in [1.82, 2.24) is 15.2 Å². The molecule has 78 valence electrons. The van der Waals surface area contributed by atoms with Crippen molar-refractivity contribution in [2.75, 3.05) is 6.54 Å². The molecule has 1 fully saturated rings. The second-order valence-electron chi connectivity index (χ2n) is 4.17. The van der Waals surface area contributed by atoms with Gasteiger partial charge in [0.05, 0.1) is 0 Å². The van der Waals surface area contributed by atoms with Crippen molar-refractivity contribution >= 4 is 0 Å². The minimum absolute atomic E-state index is 0.485. The van der Waals surface area contributed by atoms with E-state index in [1.165, 1.54) is 25.7 Å². The number of hydrogen-bond acceptors (Lipinski definition) is 3. The van der Waals surface area contributed by atoms with Gasteiger partial charge in [-0.3, -0.25) is 5.10 Å². The molecule has 2 atom stereocenters. The molecule has 1 aliphatic rings. The molecular formula is C10H18N4. The average molecular weight is 194 g/mol. The van der Waals surface area contributed by atoms with E-state index in [4.69, 9.17) is 5.73 Å². The van der Waals surface area contributed by atoms with Gasteiger partial charge in [0, 0.05) is 5.92 Å². The third-order valence-electron chi connectivity index (χ3n) is 3.16. The number of rotatable bonds is 2. The molecule has 1 aromatic heterocycles. The van der Waals surface area contributed by atoms with Gasteiger partial charge >= 0.3 is 0 Å². The van der Waals surface area contributed by atoms with Gasteiger partial charge in [0.15, 0.2) is 5.82 Å². The van der Waals surface area contributed by atoms with Crippen LogP contribution in [0.1, 0.15) is 43.3 Å². The fourth-order valence-corrected chi connectivity index (χ4v) is 2.36. The first-order valence-electron chi connectivity index (χ1n) is 5.40. The molecule has 4 heteroatoms. The number of H-pyrrole nitrogens is 1. The van der Waals surface area contributed by atoms with E-state index in [1.54, 1.807) is 0 Å². The smallest absolute Gasteiger partial charge is 0.154 e. The van der Waals surface area contributed by atoms with Crippen molar-refractivity contribution in [3.8, 4) is 0 Å². The Kier molecular flexibility index (Phi) is 2.82. The van der Waals surface area contributed by atoms with Crippen LogP contribution in [0, 0.1) is 12.8 Å². The zero-order valence-electron chi connectivity index (χ0n) is 8.66. The summed E-state index contributed by atoms with van der Waals surface area (Å²) in [4.78, 5) is 4.41. The molecule has 0 amide bonds. The van der Waals surface area contributed by atoms with Crippen LogP contribution in [0.2, 0.25) is 0 Å². The summed E-state index contributed by atoms with van der Waals surface area (Å²) in [5.41, 5.74) is 5.77. The minimum Gasteiger partial charge on any atom is -0.330 e. The summed E-state index contributed by atoms with van der Waals surface area (Å²) in [7, 11) is 0. The Labute approximate surface area is 84.3 Å². The molecule has 4 nitrogen and oxygen atoms in total. The molecule has 1 aliphatic carbocycles. The highest BCUT2D eigenvalue weighted by Gasteiger charge is 2.28. The summed E-state index contributed by atoms with van der Waals surface area (Å²) in [6.07, 6.45) is 5.02. The van der Waals surface area contributed by atoms with Gasteiger partial charge in [0.2, 0.25) is 0 Å². The summed E-state index contributed by atoms with van der Waals surface area (Å²) in [5.74, 6) is 2.94. The maximum Gasteiger partial charge on any atom is 0.154 e. The van der Waals surface area contributed by atoms with Crippen LogP contribution >= 0.6 is 0 Å². The molecule has 3 N–H and O–H groups in total. The van der Waals surface area contributed by atoms with E-state index in [-0.39, 0.29) is 0 Å². The number of nitrogens with two attached hydrogens (primary N) is 1. The Morgan fingerprint density at radius 2 is 2.21 bits per heavy atom. The van der Waals surface area contributed by atoms with E-state index in [2.05, 4.69) is 15.2 Å². The van der Waals surface area contributed by atoms with Crippen LogP contribution in [0.3, 0.4) is 0 Å². The summed E-state index contributed by atoms with van der Waals surface area (Å²) in [5, 5.41) is 7.15. The predicted molar refractivity (Wildman–Crippen MR) is 54.9 cm³/mol. The number of aromatic amines is 1. The highest BCUT2D eigenvalue weighted by Crippen LogP contribution is 2.35. The molecule has 0 radical (unpaired) electrons. The van der Waals surface area contributed by atoms with Gasteiger partial charge in [-0.1, -0.05) is 12.8 Å². The monoisotopic (exact) mass is 194 g/mol. The molecule has 1 saturated carbocycles. The number of nitrogens with zero attached hydrogens (tertiary/aromatic N) is 2. The first-order valence-corrected chi connectivity index (χ1v) is 5.40. The van der Waals surface area contributed by atoms with E-state index in [0.717, 1.165) is 18.2 Å². The van der Waals surface area contributed by atoms with Crippen LogP contribution in [0.15, 0.2) is 0 Å². The van der Waals surface area contributed by atoms with Gasteiger partial charge in [0.1, 0.15) is 5.82 Å². The standard InChI is InChI=1S/C10H18N4/c1-7-12-10(14-13-7)9-5-3-2-4-8(9)6-11/h8-9H,2-6,11H2,1H3,(H,12,13,14). The number of hydrogen-bond donors (Lipinski definition) is 2. The maximum atomic E-state index is 5.77. The molecule has 2 rings (SSSR count). The second-order valence-corrected chi connectivity index (χ2v) is 4.17. The minimum atomic E-state index is 0.485. The van der Waals surface area contributed by atoms with E-state index in [1.807, 2.05) is 6.92 Å². The first kappa shape index (κ1) is 9.65. The van der Waals surface area contributed by atoms with E-state index >= 15 is 0 Å². The SMILES string of the molecule is Cc1nc(C2CCCCC2CN)n[nH]1. The summed E-state index contributed by atoms with van der Waals surface area (Å²) in [6, 6.07) is 0. The third kappa shape index (κ3) is 1.80. The first-order chi connectivity index (χ1) is 6.81. The number of nitrogens with one attached hydrogen (secondary N) is 1. The molecule has 14 heavy (non-hydrogen) atoms. The molecule has 2 unspecified atom stereocenters. The quantitative estimate of drug-likeness (QED) is 0.746. The van der Waals surface area contributed by atoms with Crippen molar-refractivity contribution in [1.29, 1.82) is 0 Å². The summed E-state index contributed by atoms with van der Waals surface area (Å²) >= 11 is 0. The van der Waals surface area contributed by atoms with E-state index in [9.17, 15) is 0 Å². The molecule has 0 saturated heterocycles. The van der Waals surface area contributed by atoms with Crippen molar-refractivity contribution < 1.29 is 0 Å². The van der Waals surface area contributed by atoms with Crippen molar-refractivity contribution in [2.24, 2.45) is 11.7 Å². The van der Waals surface area contributed by atoms with Crippen molar-refractivity contribution in [3.63, 3.8) is 0 Å². The van der Waals surface area contributed by atoms with Crippen LogP contribution in [0.5, 0.6) is 0 Å². The van der Waals surface area contributed by atoms with Crippen molar-refractivity contribution in [3.05, 3.63) is 11.6 Å². The van der Waals surface area contributed by atoms with Gasteiger partial charge in [-0.15, -0.1) is 0 Å². The van der Waals surface area contributed by atoms with E-state index in [0.29, 0.717) is 11.8 Å². The lowest BCUT2D eigenvalue weighted by Gasteiger charge is -2.28. The zero-order valence-corrected chi connectivity index (χ0v) is 8.66. The van der Waals surface area contributed by atoms with E-state index < -0.39 is 0 Å². The lowest BCUT2D eigenvalue weighted by molar-refractivity contribution is 0.304. The zero-order chi connectivity index (χ0) is 9.97. The van der Waals surface area contributed by atoms with Crippen molar-refractivity contribution in [2.45, 2.75) is 38.5 Å². The Morgan fingerprint density at radius 3 is 2.86 bits per heavy atom. The topological polar surface area (TPSA) is 67.6 Å². The summed E-state index contributed by atoms with van der Waals surface area (Å²) in [6.45, 7) is 2.70. The fraction of sp³-hybridized carbons (Fsp3) is 0.800. The molecule has 1 heterocycles. The lowest BCUT2D eigenvalue weighted by Crippen LogP contribution is -2.26. The normalized spacial score (nSPS) is 27.9. The molecule has 0 aliphatic heterocycles. The maximum absolute atomic E-state index is 5.77. The molecule has 1 aromatic rings. The van der Waals surface area contributed by atoms with Crippen LogP contribution < -0.4 is 5.73 Å². The Bertz CT molecular complexity index is 294. The molecule has 0 spiro atoms. The molecule has 0 aromatic carbocycles. The van der Waals surface area contributed by atoms with Gasteiger partial charge in [-0.2, -0.15) is 5.10 Å². The number of aryl methyl sites for hydroxylation is 1. The molecule has 0 bridgehead atoms. The van der Waals surface area contributed by atoms with Gasteiger partial charge in [-0.05, 0) is 32.2 Å². The van der Waals surface area contributed by atoms with Gasteiger partial charge < -0.3 is 5.73 Å². The Hall–Kier alpha value is -0.900. The van der Waals surface area contributed by atoms with Gasteiger partial charge in [-0.25, -0.2) is 4.98 Å². The third-order valence-corrected chi connectivity index (χ3v) is 3.16. The number of aromatic nitrogens is 3. The van der Waals surface area contributed by atoms with Crippen LogP contribution in [-0.4, -0.2) is 21.7 Å². The van der Waals surface area contributed by atoms with Crippen LogP contribution in [-0.2, 0) is 0 Å². The highest BCUT2D eigenvalue weighted by molar-refractivity contribution is 5.01. The Balaban J connectivity index is 2.14. The lowest BCUT2D eigenvalue weighted by atomic mass is 9.79. The van der Waals surface area contributed by atoms with Crippen LogP contribution in [0.25, 0.3) is 0 Å². The Morgan fingerprint density at radius 1 is 1.43 bits per heavy atom. The second kappa shape index (κ2) is 4.09. The predicted octanol–water partition coefficient (Wildman–Crippen LogP) is 1.35. The largest absolute Gasteiger partial charge is 0.330 e. The molecular weight excluding hydrogens is 176 g/mol. The summed E-state index contributed by atoms with van der Waals surface area (Å²) < 4.78 is 0. The average Bonchev–Trinajstić information content (AvgIpc) is 2.65. The van der Waals surface area contributed by atoms with Gasteiger partial charge in [0.25, 0.3) is 0 Å². The fourth-order valence-electron chi connectivity index (χ4n) is 2.36.